The summed E-state index contributed by atoms with van der Waals surface area (Å²) < 4.78 is 19.4. The smallest absolute Gasteiger partial charge is 0.318 e. The van der Waals surface area contributed by atoms with Crippen LogP contribution in [0.3, 0.4) is 0 Å². The fraction of sp³-hybridized carbons (Fsp3) is 0.474. The Kier molecular flexibility index (Phi) is 6.60. The van der Waals surface area contributed by atoms with Crippen molar-refractivity contribution in [1.29, 1.82) is 0 Å². The molecule has 1 aromatic carbocycles. The summed E-state index contributed by atoms with van der Waals surface area (Å²) in [7, 11) is 1.43. The molecule has 0 aliphatic carbocycles. The lowest BCUT2D eigenvalue weighted by molar-refractivity contribution is -0.120. The first-order chi connectivity index (χ1) is 12.3. The van der Waals surface area contributed by atoms with Gasteiger partial charge in [-0.1, -0.05) is 32.1 Å². The van der Waals surface area contributed by atoms with Crippen LogP contribution in [0, 0.1) is 11.7 Å². The van der Waals surface area contributed by atoms with E-state index in [1.807, 2.05) is 19.9 Å². The molecule has 0 aromatic heterocycles. The lowest BCUT2D eigenvalue weighted by Gasteiger charge is -2.29. The number of nitrogens with zero attached hydrogens (tertiary/aromatic N) is 1. The van der Waals surface area contributed by atoms with Gasteiger partial charge >= 0.3 is 6.03 Å². The quantitative estimate of drug-likeness (QED) is 0.814. The molecule has 7 heteroatoms. The minimum absolute atomic E-state index is 0.196. The number of carbonyl (C=O) groups is 2. The number of nitrogens with one attached hydrogen (secondary N) is 1. The molecule has 3 N–H and O–H groups in total. The molecule has 0 fully saturated rings. The number of rotatable bonds is 6. The normalized spacial score (nSPS) is 15.4. The predicted molar refractivity (Wildman–Crippen MR) is 98.1 cm³/mol. The molecule has 0 radical (unpaired) electrons. The largest absolute Gasteiger partial charge is 0.494 e. The van der Waals surface area contributed by atoms with Gasteiger partial charge in [-0.15, -0.1) is 0 Å². The number of methoxy groups -OCH3 is 1. The average molecular weight is 363 g/mol. The number of nitrogens with two attached hydrogens (primary N) is 1. The fourth-order valence-corrected chi connectivity index (χ4v) is 2.97. The number of urea groups is 1. The van der Waals surface area contributed by atoms with Gasteiger partial charge in [0.25, 0.3) is 0 Å². The van der Waals surface area contributed by atoms with Crippen LogP contribution < -0.4 is 15.8 Å². The average Bonchev–Trinajstić information content (AvgIpc) is 2.61. The molecular weight excluding hydrogens is 337 g/mol. The van der Waals surface area contributed by atoms with Crippen molar-refractivity contribution in [2.24, 2.45) is 11.7 Å². The highest BCUT2D eigenvalue weighted by Crippen LogP contribution is 2.29. The Labute approximate surface area is 153 Å². The summed E-state index contributed by atoms with van der Waals surface area (Å²) in [4.78, 5) is 25.5. The van der Waals surface area contributed by atoms with Crippen LogP contribution in [-0.4, -0.2) is 43.1 Å². The van der Waals surface area contributed by atoms with Gasteiger partial charge in [-0.3, -0.25) is 4.79 Å². The van der Waals surface area contributed by atoms with Gasteiger partial charge in [0.1, 0.15) is 6.04 Å². The standard InChI is InChI=1S/C19H26FN3O3/c1-12(2)11-15(18(21)24)22-19(25)23-9-7-13(8-10-23)14-5-4-6-16(26-3)17(14)20/h4-7,12,15H,8-11H2,1-3H3,(H2,21,24)(H,22,25). The number of hydrogen-bond acceptors (Lipinski definition) is 3. The van der Waals surface area contributed by atoms with E-state index < -0.39 is 17.8 Å². The highest BCUT2D eigenvalue weighted by molar-refractivity contribution is 5.86. The maximum Gasteiger partial charge on any atom is 0.318 e. The van der Waals surface area contributed by atoms with E-state index in [-0.39, 0.29) is 17.7 Å². The second-order valence-corrected chi connectivity index (χ2v) is 6.78. The second-order valence-electron chi connectivity index (χ2n) is 6.78. The Morgan fingerprint density at radius 3 is 2.65 bits per heavy atom. The molecule has 6 nitrogen and oxygen atoms in total. The van der Waals surface area contributed by atoms with Crippen LogP contribution in [0.25, 0.3) is 5.57 Å². The van der Waals surface area contributed by atoms with Crippen LogP contribution >= 0.6 is 0 Å². The van der Waals surface area contributed by atoms with Crippen molar-refractivity contribution in [1.82, 2.24) is 10.2 Å². The monoisotopic (exact) mass is 363 g/mol. The first kappa shape index (κ1) is 19.8. The van der Waals surface area contributed by atoms with Gasteiger partial charge in [-0.25, -0.2) is 9.18 Å². The number of ether oxygens (including phenoxy) is 1. The van der Waals surface area contributed by atoms with E-state index in [9.17, 15) is 14.0 Å². The third-order valence-corrected chi connectivity index (χ3v) is 4.37. The van der Waals surface area contributed by atoms with Crippen LogP contribution in [0.2, 0.25) is 0 Å². The molecule has 0 bridgehead atoms. The Hall–Kier alpha value is -2.57. The summed E-state index contributed by atoms with van der Waals surface area (Å²) in [6.07, 6.45) is 2.83. The Morgan fingerprint density at radius 1 is 1.38 bits per heavy atom. The van der Waals surface area contributed by atoms with Gasteiger partial charge in [-0.2, -0.15) is 0 Å². The van der Waals surface area contributed by atoms with Crippen molar-refractivity contribution in [3.63, 3.8) is 0 Å². The van der Waals surface area contributed by atoms with Gasteiger partial charge < -0.3 is 20.7 Å². The van der Waals surface area contributed by atoms with E-state index in [0.29, 0.717) is 31.5 Å². The fourth-order valence-electron chi connectivity index (χ4n) is 2.97. The van der Waals surface area contributed by atoms with E-state index >= 15 is 0 Å². The molecule has 1 heterocycles. The lowest BCUT2D eigenvalue weighted by atomic mass is 9.98. The van der Waals surface area contributed by atoms with Gasteiger partial charge in [0.2, 0.25) is 5.91 Å². The number of benzene rings is 1. The molecule has 1 aliphatic rings. The maximum absolute atomic E-state index is 14.4. The lowest BCUT2D eigenvalue weighted by Crippen LogP contribution is -2.51. The molecule has 1 atom stereocenters. The molecule has 1 aliphatic heterocycles. The molecule has 0 spiro atoms. The summed E-state index contributed by atoms with van der Waals surface area (Å²) in [5.41, 5.74) is 6.69. The van der Waals surface area contributed by atoms with Gasteiger partial charge in [0, 0.05) is 18.7 Å². The zero-order valence-corrected chi connectivity index (χ0v) is 15.4. The van der Waals surface area contributed by atoms with Gasteiger partial charge in [0.05, 0.1) is 7.11 Å². The number of carbonyl (C=O) groups excluding carboxylic acids is 2. The molecule has 26 heavy (non-hydrogen) atoms. The van der Waals surface area contributed by atoms with Gasteiger partial charge in [-0.05, 0) is 30.4 Å². The number of primary amides is 1. The Balaban J connectivity index is 2.04. The Bertz CT molecular complexity index is 703. The molecule has 2 rings (SSSR count). The van der Waals surface area contributed by atoms with Crippen LogP contribution in [0.15, 0.2) is 24.3 Å². The zero-order valence-electron chi connectivity index (χ0n) is 15.4. The number of hydrogen-bond donors (Lipinski definition) is 2. The summed E-state index contributed by atoms with van der Waals surface area (Å²) >= 11 is 0. The second kappa shape index (κ2) is 8.69. The molecule has 3 amide bonds. The molecule has 1 aromatic rings. The van der Waals surface area contributed by atoms with Crippen LogP contribution in [-0.2, 0) is 4.79 Å². The summed E-state index contributed by atoms with van der Waals surface area (Å²) in [6, 6.07) is 3.98. The minimum Gasteiger partial charge on any atom is -0.494 e. The van der Waals surface area contributed by atoms with E-state index in [0.717, 1.165) is 5.57 Å². The van der Waals surface area contributed by atoms with E-state index in [4.69, 9.17) is 10.5 Å². The van der Waals surface area contributed by atoms with Crippen molar-refractivity contribution in [3.8, 4) is 5.75 Å². The van der Waals surface area contributed by atoms with Crippen molar-refractivity contribution in [2.75, 3.05) is 20.2 Å². The van der Waals surface area contributed by atoms with Crippen molar-refractivity contribution >= 4 is 17.5 Å². The first-order valence-electron chi connectivity index (χ1n) is 8.70. The molecular formula is C19H26FN3O3. The molecule has 0 saturated heterocycles. The topological polar surface area (TPSA) is 84.7 Å². The summed E-state index contributed by atoms with van der Waals surface area (Å²) in [5, 5.41) is 2.69. The van der Waals surface area contributed by atoms with Crippen molar-refractivity contribution < 1.29 is 18.7 Å². The van der Waals surface area contributed by atoms with E-state index in [2.05, 4.69) is 5.32 Å². The van der Waals surface area contributed by atoms with Crippen LogP contribution in [0.5, 0.6) is 5.75 Å². The minimum atomic E-state index is -0.691. The predicted octanol–water partition coefficient (Wildman–Crippen LogP) is 2.53. The summed E-state index contributed by atoms with van der Waals surface area (Å²) in [5.74, 6) is -0.512. The van der Waals surface area contributed by atoms with Crippen LogP contribution in [0.4, 0.5) is 9.18 Å². The third-order valence-electron chi connectivity index (χ3n) is 4.37. The zero-order chi connectivity index (χ0) is 19.3. The van der Waals surface area contributed by atoms with E-state index in [1.54, 1.807) is 23.1 Å². The number of amides is 3. The SMILES string of the molecule is COc1cccc(C2=CCN(C(=O)NC(CC(C)C)C(N)=O)CC2)c1F. The first-order valence-corrected chi connectivity index (χ1v) is 8.70. The highest BCUT2D eigenvalue weighted by Gasteiger charge is 2.25. The van der Waals surface area contributed by atoms with E-state index in [1.165, 1.54) is 7.11 Å². The van der Waals surface area contributed by atoms with Crippen molar-refractivity contribution in [2.45, 2.75) is 32.7 Å². The summed E-state index contributed by atoms with van der Waals surface area (Å²) in [6.45, 7) is 4.69. The molecule has 0 saturated carbocycles. The highest BCUT2D eigenvalue weighted by atomic mass is 19.1. The van der Waals surface area contributed by atoms with Crippen molar-refractivity contribution in [3.05, 3.63) is 35.7 Å². The van der Waals surface area contributed by atoms with Crippen LogP contribution in [0.1, 0.15) is 32.3 Å². The Morgan fingerprint density at radius 2 is 2.12 bits per heavy atom. The maximum atomic E-state index is 14.4. The molecule has 1 unspecified atom stereocenters. The van der Waals surface area contributed by atoms with Gasteiger partial charge in [0.15, 0.2) is 11.6 Å². The molecule has 142 valence electrons. The number of halogens is 1. The third kappa shape index (κ3) is 4.74.